The molecule has 21 heavy (non-hydrogen) atoms. The molecule has 110 valence electrons. The molecule has 0 aliphatic rings. The molecule has 0 radical (unpaired) electrons. The molecule has 0 bridgehead atoms. The van der Waals surface area contributed by atoms with E-state index in [9.17, 15) is 9.59 Å². The molecule has 2 heterocycles. The fourth-order valence-electron chi connectivity index (χ4n) is 1.49. The van der Waals surface area contributed by atoms with Crippen molar-refractivity contribution >= 4 is 45.2 Å². The van der Waals surface area contributed by atoms with E-state index in [0.29, 0.717) is 13.1 Å². The lowest BCUT2D eigenvalue weighted by Crippen LogP contribution is -2.33. The van der Waals surface area contributed by atoms with Crippen molar-refractivity contribution in [1.82, 2.24) is 10.6 Å². The lowest BCUT2D eigenvalue weighted by atomic mass is 10.4. The summed E-state index contributed by atoms with van der Waals surface area (Å²) >= 11 is 4.90. The van der Waals surface area contributed by atoms with E-state index in [0.717, 1.165) is 8.66 Å². The topological polar surface area (TPSA) is 71.3 Å². The van der Waals surface area contributed by atoms with Gasteiger partial charge in [-0.2, -0.15) is 0 Å². The van der Waals surface area contributed by atoms with E-state index in [4.69, 9.17) is 4.42 Å². The molecular weight excluding hydrogens is 356 g/mol. The van der Waals surface area contributed by atoms with Crippen molar-refractivity contribution in [3.63, 3.8) is 0 Å². The summed E-state index contributed by atoms with van der Waals surface area (Å²) in [6, 6.07) is 7.06. The smallest absolute Gasteiger partial charge is 0.287 e. The zero-order chi connectivity index (χ0) is 15.1. The number of halogens is 1. The Balaban J connectivity index is 1.65. The van der Waals surface area contributed by atoms with Crippen LogP contribution in [0.4, 0.5) is 0 Å². The normalized spacial score (nSPS) is 10.7. The molecule has 0 saturated heterocycles. The predicted octanol–water partition coefficient (Wildman–Crippen LogP) is 2.66. The van der Waals surface area contributed by atoms with Gasteiger partial charge >= 0.3 is 0 Å². The second kappa shape index (κ2) is 7.80. The van der Waals surface area contributed by atoms with Crippen molar-refractivity contribution in [1.29, 1.82) is 0 Å². The molecule has 2 rings (SSSR count). The third-order valence-corrected chi connectivity index (χ3v) is 4.04. The van der Waals surface area contributed by atoms with Gasteiger partial charge in [0.25, 0.3) is 5.91 Å². The number of amides is 2. The highest BCUT2D eigenvalue weighted by molar-refractivity contribution is 9.11. The summed E-state index contributed by atoms with van der Waals surface area (Å²) in [5.74, 6) is -0.246. The molecule has 0 fully saturated rings. The van der Waals surface area contributed by atoms with Gasteiger partial charge in [-0.25, -0.2) is 0 Å². The predicted molar refractivity (Wildman–Crippen MR) is 85.1 cm³/mol. The van der Waals surface area contributed by atoms with Gasteiger partial charge in [0.15, 0.2) is 5.76 Å². The minimum atomic E-state index is -0.298. The van der Waals surface area contributed by atoms with Gasteiger partial charge in [-0.1, -0.05) is 0 Å². The zero-order valence-electron chi connectivity index (χ0n) is 11.0. The SMILES string of the molecule is O=C(/C=C/c1ccc(Br)s1)NCCNC(=O)c1ccco1. The molecule has 0 aromatic carbocycles. The van der Waals surface area contributed by atoms with Crippen LogP contribution in [0.3, 0.4) is 0 Å². The Morgan fingerprint density at radius 1 is 1.24 bits per heavy atom. The molecule has 5 nitrogen and oxygen atoms in total. The fourth-order valence-corrected chi connectivity index (χ4v) is 2.82. The number of rotatable bonds is 6. The summed E-state index contributed by atoms with van der Waals surface area (Å²) in [5.41, 5.74) is 0. The summed E-state index contributed by atoms with van der Waals surface area (Å²) in [6.45, 7) is 0.688. The van der Waals surface area contributed by atoms with Crippen LogP contribution in [0.1, 0.15) is 15.4 Å². The Hall–Kier alpha value is -1.86. The van der Waals surface area contributed by atoms with Crippen molar-refractivity contribution < 1.29 is 14.0 Å². The third-order valence-electron chi connectivity index (χ3n) is 2.45. The fraction of sp³-hybridized carbons (Fsp3) is 0.143. The van der Waals surface area contributed by atoms with E-state index >= 15 is 0 Å². The van der Waals surface area contributed by atoms with Crippen LogP contribution in [-0.4, -0.2) is 24.9 Å². The van der Waals surface area contributed by atoms with Gasteiger partial charge in [0.05, 0.1) is 10.0 Å². The molecule has 2 amide bonds. The van der Waals surface area contributed by atoms with Crippen LogP contribution in [0.5, 0.6) is 0 Å². The van der Waals surface area contributed by atoms with Gasteiger partial charge in [-0.05, 0) is 46.3 Å². The Morgan fingerprint density at radius 2 is 2.05 bits per heavy atom. The van der Waals surface area contributed by atoms with Crippen LogP contribution in [0, 0.1) is 0 Å². The minimum Gasteiger partial charge on any atom is -0.459 e. The van der Waals surface area contributed by atoms with Crippen molar-refractivity contribution in [2.75, 3.05) is 13.1 Å². The van der Waals surface area contributed by atoms with Gasteiger partial charge in [0.2, 0.25) is 5.91 Å². The number of nitrogens with one attached hydrogen (secondary N) is 2. The molecule has 0 atom stereocenters. The molecule has 2 N–H and O–H groups in total. The lowest BCUT2D eigenvalue weighted by Gasteiger charge is -2.03. The first-order valence-electron chi connectivity index (χ1n) is 6.18. The summed E-state index contributed by atoms with van der Waals surface area (Å²) in [5, 5.41) is 5.32. The largest absolute Gasteiger partial charge is 0.459 e. The van der Waals surface area contributed by atoms with Gasteiger partial charge in [0, 0.05) is 24.0 Å². The van der Waals surface area contributed by atoms with Gasteiger partial charge in [-0.3, -0.25) is 9.59 Å². The van der Waals surface area contributed by atoms with E-state index in [-0.39, 0.29) is 17.6 Å². The first kappa shape index (κ1) is 15.5. The molecule has 0 aliphatic heterocycles. The zero-order valence-corrected chi connectivity index (χ0v) is 13.4. The van der Waals surface area contributed by atoms with E-state index in [1.54, 1.807) is 29.5 Å². The molecule has 2 aromatic heterocycles. The number of hydrogen-bond acceptors (Lipinski definition) is 4. The van der Waals surface area contributed by atoms with E-state index < -0.39 is 0 Å². The monoisotopic (exact) mass is 368 g/mol. The van der Waals surface area contributed by atoms with Crippen LogP contribution >= 0.6 is 27.3 Å². The number of carbonyl (C=O) groups excluding carboxylic acids is 2. The average Bonchev–Trinajstić information content (AvgIpc) is 3.12. The highest BCUT2D eigenvalue weighted by Gasteiger charge is 2.06. The molecule has 0 unspecified atom stereocenters. The molecular formula is C14H13BrN2O3S. The Morgan fingerprint density at radius 3 is 2.71 bits per heavy atom. The number of furan rings is 1. The highest BCUT2D eigenvalue weighted by Crippen LogP contribution is 2.22. The van der Waals surface area contributed by atoms with Crippen molar-refractivity contribution in [3.05, 3.63) is 51.0 Å². The van der Waals surface area contributed by atoms with Crippen LogP contribution in [-0.2, 0) is 4.79 Å². The van der Waals surface area contributed by atoms with E-state index in [1.165, 1.54) is 12.3 Å². The summed E-state index contributed by atoms with van der Waals surface area (Å²) in [4.78, 5) is 24.1. The highest BCUT2D eigenvalue weighted by atomic mass is 79.9. The Labute approximate surface area is 134 Å². The maximum atomic E-state index is 11.6. The number of hydrogen-bond donors (Lipinski definition) is 2. The van der Waals surface area contributed by atoms with Gasteiger partial charge < -0.3 is 15.1 Å². The summed E-state index contributed by atoms with van der Waals surface area (Å²) in [7, 11) is 0. The molecule has 0 spiro atoms. The van der Waals surface area contributed by atoms with Crippen LogP contribution < -0.4 is 10.6 Å². The molecule has 0 aliphatic carbocycles. The Bertz CT molecular complexity index is 634. The first-order chi connectivity index (χ1) is 10.1. The molecule has 2 aromatic rings. The number of thiophene rings is 1. The van der Waals surface area contributed by atoms with Crippen molar-refractivity contribution in [3.8, 4) is 0 Å². The van der Waals surface area contributed by atoms with Gasteiger partial charge in [0.1, 0.15) is 0 Å². The maximum absolute atomic E-state index is 11.6. The van der Waals surface area contributed by atoms with Crippen molar-refractivity contribution in [2.24, 2.45) is 0 Å². The molecule has 0 saturated carbocycles. The lowest BCUT2D eigenvalue weighted by molar-refractivity contribution is -0.116. The van der Waals surface area contributed by atoms with Crippen LogP contribution in [0.25, 0.3) is 6.08 Å². The quantitative estimate of drug-likeness (QED) is 0.608. The first-order valence-corrected chi connectivity index (χ1v) is 7.79. The van der Waals surface area contributed by atoms with Crippen LogP contribution in [0.2, 0.25) is 0 Å². The van der Waals surface area contributed by atoms with E-state index in [1.807, 2.05) is 12.1 Å². The van der Waals surface area contributed by atoms with Crippen LogP contribution in [0.15, 0.2) is 44.8 Å². The summed E-state index contributed by atoms with van der Waals surface area (Å²) in [6.07, 6.45) is 4.64. The average molecular weight is 369 g/mol. The third kappa shape index (κ3) is 5.20. The second-order valence-corrected chi connectivity index (χ2v) is 6.49. The Kier molecular flexibility index (Phi) is 5.77. The second-order valence-electron chi connectivity index (χ2n) is 4.00. The van der Waals surface area contributed by atoms with E-state index in [2.05, 4.69) is 26.6 Å². The maximum Gasteiger partial charge on any atom is 0.287 e. The number of carbonyl (C=O) groups is 2. The van der Waals surface area contributed by atoms with Crippen molar-refractivity contribution in [2.45, 2.75) is 0 Å². The standard InChI is InChI=1S/C14H13BrN2O3S/c15-12-5-3-10(21-12)4-6-13(18)16-7-8-17-14(19)11-2-1-9-20-11/h1-6,9H,7-8H2,(H,16,18)(H,17,19)/b6-4+. The minimum absolute atomic E-state index is 0.202. The summed E-state index contributed by atoms with van der Waals surface area (Å²) < 4.78 is 5.97. The molecule has 7 heteroatoms. The van der Waals surface area contributed by atoms with Gasteiger partial charge in [-0.15, -0.1) is 11.3 Å².